The molecule has 4 rings (SSSR count). The Morgan fingerprint density at radius 1 is 1.15 bits per heavy atom. The second-order valence-corrected chi connectivity index (χ2v) is 8.09. The van der Waals surface area contributed by atoms with Crippen molar-refractivity contribution in [1.29, 1.82) is 0 Å². The topological polar surface area (TPSA) is 28.3 Å². The zero-order chi connectivity index (χ0) is 18.8. The number of likely N-dealkylation sites (tertiary alicyclic amines) is 1. The van der Waals surface area contributed by atoms with E-state index >= 15 is 0 Å². The van der Waals surface area contributed by atoms with E-state index in [9.17, 15) is 0 Å². The number of nitrogens with zero attached hydrogens (tertiary/aromatic N) is 1. The highest BCUT2D eigenvalue weighted by molar-refractivity contribution is 5.84. The molecule has 1 N–H and O–H groups in total. The molecule has 0 amide bonds. The molecular weight excluding hydrogens is 332 g/mol. The molecular formula is C24H30N2O. The van der Waals surface area contributed by atoms with E-state index in [1.807, 2.05) is 6.07 Å². The highest BCUT2D eigenvalue weighted by Crippen LogP contribution is 2.29. The van der Waals surface area contributed by atoms with Crippen molar-refractivity contribution in [2.24, 2.45) is 0 Å². The van der Waals surface area contributed by atoms with Crippen LogP contribution in [-0.2, 0) is 13.0 Å². The van der Waals surface area contributed by atoms with Crippen molar-refractivity contribution in [2.75, 3.05) is 13.7 Å². The van der Waals surface area contributed by atoms with Gasteiger partial charge in [0.1, 0.15) is 5.75 Å². The summed E-state index contributed by atoms with van der Waals surface area (Å²) in [7, 11) is 1.73. The van der Waals surface area contributed by atoms with Gasteiger partial charge in [0.2, 0.25) is 0 Å². The molecule has 0 aliphatic carbocycles. The summed E-state index contributed by atoms with van der Waals surface area (Å²) < 4.78 is 5.42. The minimum absolute atomic E-state index is 0.595. The van der Waals surface area contributed by atoms with Crippen LogP contribution in [0.5, 0.6) is 5.75 Å². The van der Waals surface area contributed by atoms with Crippen LogP contribution >= 0.6 is 0 Å². The number of H-pyrrole nitrogens is 1. The maximum Gasteiger partial charge on any atom is 0.119 e. The number of hydrogen-bond acceptors (Lipinski definition) is 2. The van der Waals surface area contributed by atoms with Crippen LogP contribution in [0.3, 0.4) is 0 Å². The molecule has 2 heterocycles. The van der Waals surface area contributed by atoms with Crippen LogP contribution in [0.15, 0.2) is 48.7 Å². The minimum Gasteiger partial charge on any atom is -0.497 e. The number of rotatable bonds is 6. The molecule has 1 fully saturated rings. The van der Waals surface area contributed by atoms with Crippen molar-refractivity contribution in [2.45, 2.75) is 51.6 Å². The molecule has 27 heavy (non-hydrogen) atoms. The third-order valence-corrected chi connectivity index (χ3v) is 5.96. The molecule has 0 radical (unpaired) electrons. The Morgan fingerprint density at radius 2 is 1.96 bits per heavy atom. The Hall–Kier alpha value is -2.26. The first-order valence-electron chi connectivity index (χ1n) is 10.1. The fraction of sp³-hybridized carbons (Fsp3) is 0.417. The number of fused-ring (bicyclic) bond motifs is 1. The fourth-order valence-electron chi connectivity index (χ4n) is 4.28. The quantitative estimate of drug-likeness (QED) is 0.626. The molecule has 142 valence electrons. The van der Waals surface area contributed by atoms with Gasteiger partial charge in [-0.3, -0.25) is 4.90 Å². The molecule has 0 unspecified atom stereocenters. The molecule has 2 aromatic carbocycles. The number of methoxy groups -OCH3 is 1. The van der Waals surface area contributed by atoms with Crippen molar-refractivity contribution >= 4 is 10.9 Å². The number of benzene rings is 2. The zero-order valence-corrected chi connectivity index (χ0v) is 16.7. The van der Waals surface area contributed by atoms with Crippen LogP contribution in [0.4, 0.5) is 0 Å². The summed E-state index contributed by atoms with van der Waals surface area (Å²) in [5.41, 5.74) is 5.44. The molecule has 1 saturated heterocycles. The standard InChI is InChI=1S/C24H30N2O/c1-17(2)19-8-6-18(7-9-19)16-26-12-4-5-21(26)13-20-15-25-24-11-10-22(27-3)14-23(20)24/h6-11,14-15,17,21,25H,4-5,12-13,16H2,1-3H3/t21-/m1/s1. The summed E-state index contributed by atoms with van der Waals surface area (Å²) in [4.78, 5) is 6.08. The number of nitrogens with one attached hydrogen (secondary N) is 1. The highest BCUT2D eigenvalue weighted by atomic mass is 16.5. The summed E-state index contributed by atoms with van der Waals surface area (Å²) in [6, 6.07) is 16.1. The molecule has 1 aliphatic heterocycles. The fourth-order valence-corrected chi connectivity index (χ4v) is 4.28. The minimum atomic E-state index is 0.595. The van der Waals surface area contributed by atoms with Crippen LogP contribution in [0.25, 0.3) is 10.9 Å². The van der Waals surface area contributed by atoms with Crippen LogP contribution in [0.2, 0.25) is 0 Å². The second kappa shape index (κ2) is 7.77. The lowest BCUT2D eigenvalue weighted by molar-refractivity contribution is 0.244. The van der Waals surface area contributed by atoms with Gasteiger partial charge in [-0.05, 0) is 66.6 Å². The lowest BCUT2D eigenvalue weighted by Crippen LogP contribution is -2.30. The Kier molecular flexibility index (Phi) is 5.22. The van der Waals surface area contributed by atoms with Crippen molar-refractivity contribution in [3.8, 4) is 5.75 Å². The van der Waals surface area contributed by atoms with Crippen molar-refractivity contribution < 1.29 is 4.74 Å². The van der Waals surface area contributed by atoms with E-state index in [1.54, 1.807) is 7.11 Å². The third kappa shape index (κ3) is 3.89. The number of aromatic amines is 1. The van der Waals surface area contributed by atoms with E-state index < -0.39 is 0 Å². The normalized spacial score (nSPS) is 17.9. The van der Waals surface area contributed by atoms with E-state index in [2.05, 4.69) is 66.3 Å². The zero-order valence-electron chi connectivity index (χ0n) is 16.7. The summed E-state index contributed by atoms with van der Waals surface area (Å²) in [5, 5.41) is 1.29. The van der Waals surface area contributed by atoms with Gasteiger partial charge in [0, 0.05) is 29.7 Å². The maximum absolute atomic E-state index is 5.42. The first-order chi connectivity index (χ1) is 13.1. The lowest BCUT2D eigenvalue weighted by Gasteiger charge is -2.24. The van der Waals surface area contributed by atoms with Gasteiger partial charge in [0.15, 0.2) is 0 Å². The van der Waals surface area contributed by atoms with E-state index in [0.717, 1.165) is 18.7 Å². The number of aromatic nitrogens is 1. The van der Waals surface area contributed by atoms with Crippen molar-refractivity contribution in [1.82, 2.24) is 9.88 Å². The Labute approximate surface area is 162 Å². The summed E-state index contributed by atoms with van der Waals surface area (Å²) in [5.74, 6) is 1.52. The smallest absolute Gasteiger partial charge is 0.119 e. The van der Waals surface area contributed by atoms with Gasteiger partial charge in [-0.1, -0.05) is 38.1 Å². The summed E-state index contributed by atoms with van der Waals surface area (Å²) >= 11 is 0. The predicted octanol–water partition coefficient (Wildman–Crippen LogP) is 5.51. The predicted molar refractivity (Wildman–Crippen MR) is 113 cm³/mol. The average Bonchev–Trinajstić information content (AvgIpc) is 3.29. The van der Waals surface area contributed by atoms with Gasteiger partial charge in [-0.15, -0.1) is 0 Å². The molecule has 1 aliphatic rings. The van der Waals surface area contributed by atoms with Crippen LogP contribution in [-0.4, -0.2) is 29.6 Å². The monoisotopic (exact) mass is 362 g/mol. The Balaban J connectivity index is 1.48. The van der Waals surface area contributed by atoms with E-state index in [1.165, 1.54) is 47.0 Å². The molecule has 3 nitrogen and oxygen atoms in total. The lowest BCUT2D eigenvalue weighted by atomic mass is 10.0. The van der Waals surface area contributed by atoms with E-state index in [0.29, 0.717) is 12.0 Å². The second-order valence-electron chi connectivity index (χ2n) is 8.09. The molecule has 1 aromatic heterocycles. The first kappa shape index (κ1) is 18.1. The number of ether oxygens (including phenoxy) is 1. The number of hydrogen-bond donors (Lipinski definition) is 1. The van der Waals surface area contributed by atoms with Gasteiger partial charge in [-0.2, -0.15) is 0 Å². The average molecular weight is 363 g/mol. The summed E-state index contributed by atoms with van der Waals surface area (Å²) in [6.07, 6.45) is 5.84. The summed E-state index contributed by atoms with van der Waals surface area (Å²) in [6.45, 7) is 6.75. The molecule has 3 aromatic rings. The molecule has 0 bridgehead atoms. The first-order valence-corrected chi connectivity index (χ1v) is 10.1. The van der Waals surface area contributed by atoms with Gasteiger partial charge in [0.25, 0.3) is 0 Å². The van der Waals surface area contributed by atoms with Gasteiger partial charge >= 0.3 is 0 Å². The third-order valence-electron chi connectivity index (χ3n) is 5.96. The largest absolute Gasteiger partial charge is 0.497 e. The van der Waals surface area contributed by atoms with Crippen LogP contribution < -0.4 is 4.74 Å². The molecule has 1 atom stereocenters. The SMILES string of the molecule is COc1ccc2[nH]cc(C[C@H]3CCCN3Cc3ccc(C(C)C)cc3)c2c1. The molecule has 3 heteroatoms. The van der Waals surface area contributed by atoms with Crippen LogP contribution in [0.1, 0.15) is 49.3 Å². The van der Waals surface area contributed by atoms with Gasteiger partial charge in [-0.25, -0.2) is 0 Å². The van der Waals surface area contributed by atoms with Crippen LogP contribution in [0, 0.1) is 0 Å². The molecule has 0 spiro atoms. The van der Waals surface area contributed by atoms with Crippen molar-refractivity contribution in [3.05, 3.63) is 65.4 Å². The van der Waals surface area contributed by atoms with E-state index in [-0.39, 0.29) is 0 Å². The maximum atomic E-state index is 5.42. The Bertz CT molecular complexity index is 894. The van der Waals surface area contributed by atoms with Crippen molar-refractivity contribution in [3.63, 3.8) is 0 Å². The van der Waals surface area contributed by atoms with Gasteiger partial charge in [0.05, 0.1) is 7.11 Å². The van der Waals surface area contributed by atoms with E-state index in [4.69, 9.17) is 4.74 Å². The molecule has 0 saturated carbocycles. The highest BCUT2D eigenvalue weighted by Gasteiger charge is 2.25. The van der Waals surface area contributed by atoms with Gasteiger partial charge < -0.3 is 9.72 Å². The Morgan fingerprint density at radius 3 is 2.70 bits per heavy atom.